The molecule has 0 heterocycles. The summed E-state index contributed by atoms with van der Waals surface area (Å²) in [5.74, 6) is 1.23. The lowest BCUT2D eigenvalue weighted by atomic mass is 10.2. The van der Waals surface area contributed by atoms with Gasteiger partial charge in [-0.25, -0.2) is 8.42 Å². The van der Waals surface area contributed by atoms with Crippen molar-refractivity contribution in [1.29, 1.82) is 0 Å². The molecule has 0 spiro atoms. The molecule has 7 nitrogen and oxygen atoms in total. The van der Waals surface area contributed by atoms with E-state index in [1.54, 1.807) is 36.4 Å². The number of benzene rings is 2. The number of amides is 1. The molecule has 3 rings (SSSR count). The van der Waals surface area contributed by atoms with E-state index in [9.17, 15) is 13.2 Å². The van der Waals surface area contributed by atoms with Gasteiger partial charge in [-0.3, -0.25) is 9.10 Å². The van der Waals surface area contributed by atoms with Crippen LogP contribution in [0.15, 0.2) is 53.4 Å². The monoisotopic (exact) mass is 478 g/mol. The van der Waals surface area contributed by atoms with E-state index in [2.05, 4.69) is 5.32 Å². The van der Waals surface area contributed by atoms with Crippen LogP contribution in [0.4, 0.5) is 5.69 Å². The lowest BCUT2D eigenvalue weighted by Crippen LogP contribution is -2.41. The number of hydrogen-bond acceptors (Lipinski definition) is 6. The Morgan fingerprint density at radius 1 is 1.09 bits per heavy atom. The van der Waals surface area contributed by atoms with Gasteiger partial charge in [-0.05, 0) is 37.1 Å². The molecule has 2 aromatic carbocycles. The third kappa shape index (κ3) is 6.10. The second-order valence-corrected chi connectivity index (χ2v) is 10.8. The van der Waals surface area contributed by atoms with E-state index in [1.807, 2.05) is 11.8 Å². The van der Waals surface area contributed by atoms with Crippen LogP contribution in [0, 0.1) is 0 Å². The maximum absolute atomic E-state index is 13.5. The minimum absolute atomic E-state index is 0.0921. The molecule has 0 unspecified atom stereocenters. The summed E-state index contributed by atoms with van der Waals surface area (Å²) >= 11 is 1.87. The van der Waals surface area contributed by atoms with Crippen LogP contribution in [-0.4, -0.2) is 52.6 Å². The van der Waals surface area contributed by atoms with Crippen molar-refractivity contribution in [3.63, 3.8) is 0 Å². The first-order valence-corrected chi connectivity index (χ1v) is 13.1. The molecule has 32 heavy (non-hydrogen) atoms. The first kappa shape index (κ1) is 24.3. The topological polar surface area (TPSA) is 84.9 Å². The van der Waals surface area contributed by atoms with Crippen LogP contribution in [0.1, 0.15) is 25.7 Å². The fourth-order valence-corrected chi connectivity index (χ4v) is 6.33. The Hall–Kier alpha value is -2.39. The summed E-state index contributed by atoms with van der Waals surface area (Å²) in [7, 11) is -1.07. The first-order valence-electron chi connectivity index (χ1n) is 10.6. The maximum Gasteiger partial charge on any atom is 0.264 e. The van der Waals surface area contributed by atoms with Gasteiger partial charge in [0.05, 0.1) is 24.8 Å². The molecule has 0 bridgehead atoms. The summed E-state index contributed by atoms with van der Waals surface area (Å²) in [6.07, 6.45) is 5.02. The average molecular weight is 479 g/mol. The lowest BCUT2D eigenvalue weighted by molar-refractivity contribution is -0.119. The molecule has 1 saturated carbocycles. The molecule has 1 amide bonds. The standard InChI is InChI=1S/C23H30N2O5S2/c1-29-18-12-13-22(30-2)21(16-18)25(32(27,28)20-10-4-3-5-11-20)17-23(26)24-14-15-31-19-8-6-7-9-19/h3-5,10-13,16,19H,6-9,14-15,17H2,1-2H3,(H,24,26). The number of ether oxygens (including phenoxy) is 2. The van der Waals surface area contributed by atoms with Gasteiger partial charge >= 0.3 is 0 Å². The van der Waals surface area contributed by atoms with Gasteiger partial charge in [-0.2, -0.15) is 11.8 Å². The van der Waals surface area contributed by atoms with Crippen LogP contribution in [0.5, 0.6) is 11.5 Å². The van der Waals surface area contributed by atoms with Gasteiger partial charge in [0.15, 0.2) is 0 Å². The van der Waals surface area contributed by atoms with E-state index in [4.69, 9.17) is 9.47 Å². The maximum atomic E-state index is 13.5. The zero-order valence-corrected chi connectivity index (χ0v) is 20.1. The number of anilines is 1. The Morgan fingerprint density at radius 2 is 1.81 bits per heavy atom. The summed E-state index contributed by atoms with van der Waals surface area (Å²) < 4.78 is 38.7. The molecule has 9 heteroatoms. The molecular formula is C23H30N2O5S2. The number of carbonyl (C=O) groups excluding carboxylic acids is 1. The summed E-state index contributed by atoms with van der Waals surface area (Å²) in [5.41, 5.74) is 0.242. The highest BCUT2D eigenvalue weighted by Crippen LogP contribution is 2.35. The van der Waals surface area contributed by atoms with Crippen LogP contribution < -0.4 is 19.1 Å². The summed E-state index contributed by atoms with van der Waals surface area (Å²) in [5, 5.41) is 3.53. The average Bonchev–Trinajstić information content (AvgIpc) is 3.34. The Morgan fingerprint density at radius 3 is 2.47 bits per heavy atom. The molecule has 174 valence electrons. The zero-order valence-electron chi connectivity index (χ0n) is 18.5. The highest BCUT2D eigenvalue weighted by Gasteiger charge is 2.29. The highest BCUT2D eigenvalue weighted by molar-refractivity contribution is 7.99. The van der Waals surface area contributed by atoms with Crippen molar-refractivity contribution in [2.24, 2.45) is 0 Å². The molecular weight excluding hydrogens is 448 g/mol. The molecule has 0 aliphatic heterocycles. The van der Waals surface area contributed by atoms with Gasteiger partial charge < -0.3 is 14.8 Å². The predicted molar refractivity (Wildman–Crippen MR) is 128 cm³/mol. The van der Waals surface area contributed by atoms with Crippen LogP contribution in [0.2, 0.25) is 0 Å². The van der Waals surface area contributed by atoms with E-state index in [0.717, 1.165) is 10.1 Å². The zero-order chi connectivity index (χ0) is 23.0. The van der Waals surface area contributed by atoms with Gasteiger partial charge in [0.2, 0.25) is 5.91 Å². The van der Waals surface area contributed by atoms with Crippen LogP contribution in [0.3, 0.4) is 0 Å². The highest BCUT2D eigenvalue weighted by atomic mass is 32.2. The molecule has 0 radical (unpaired) electrons. The second kappa shape index (κ2) is 11.5. The van der Waals surface area contributed by atoms with Crippen molar-refractivity contribution in [3.05, 3.63) is 48.5 Å². The fraction of sp³-hybridized carbons (Fsp3) is 0.435. The molecule has 0 atom stereocenters. The molecule has 1 fully saturated rings. The predicted octanol–water partition coefficient (Wildman–Crippen LogP) is 3.69. The molecule has 2 aromatic rings. The number of thioether (sulfide) groups is 1. The summed E-state index contributed by atoms with van der Waals surface area (Å²) in [6.45, 7) is 0.128. The van der Waals surface area contributed by atoms with Crippen molar-refractivity contribution in [3.8, 4) is 11.5 Å². The van der Waals surface area contributed by atoms with Crippen molar-refractivity contribution < 1.29 is 22.7 Å². The normalized spacial score (nSPS) is 14.2. The Labute approximate surface area is 194 Å². The molecule has 0 saturated heterocycles. The molecule has 1 N–H and O–H groups in total. The largest absolute Gasteiger partial charge is 0.497 e. The van der Waals surface area contributed by atoms with Crippen molar-refractivity contribution in [2.45, 2.75) is 35.8 Å². The smallest absolute Gasteiger partial charge is 0.264 e. The van der Waals surface area contributed by atoms with Gasteiger partial charge in [0.25, 0.3) is 10.0 Å². The van der Waals surface area contributed by atoms with E-state index in [0.29, 0.717) is 23.3 Å². The van der Waals surface area contributed by atoms with E-state index in [-0.39, 0.29) is 23.0 Å². The quantitative estimate of drug-likeness (QED) is 0.496. The number of rotatable bonds is 11. The molecule has 1 aliphatic rings. The van der Waals surface area contributed by atoms with Gasteiger partial charge in [-0.1, -0.05) is 31.0 Å². The molecule has 1 aliphatic carbocycles. The number of methoxy groups -OCH3 is 2. The van der Waals surface area contributed by atoms with Gasteiger partial charge in [0, 0.05) is 23.6 Å². The number of carbonyl (C=O) groups is 1. The second-order valence-electron chi connectivity index (χ2n) is 7.49. The van der Waals surface area contributed by atoms with Crippen LogP contribution >= 0.6 is 11.8 Å². The van der Waals surface area contributed by atoms with Crippen molar-refractivity contribution in [1.82, 2.24) is 5.32 Å². The Bertz CT molecular complexity index is 993. The Kier molecular flexibility index (Phi) is 8.69. The fourth-order valence-electron chi connectivity index (χ4n) is 3.67. The van der Waals surface area contributed by atoms with Crippen LogP contribution in [0.25, 0.3) is 0 Å². The van der Waals surface area contributed by atoms with Crippen molar-refractivity contribution in [2.75, 3.05) is 37.4 Å². The SMILES string of the molecule is COc1ccc(OC)c(N(CC(=O)NCCSC2CCCC2)S(=O)(=O)c2ccccc2)c1. The molecule has 0 aromatic heterocycles. The summed E-state index contributed by atoms with van der Waals surface area (Å²) in [6, 6.07) is 12.9. The number of hydrogen-bond donors (Lipinski definition) is 1. The number of sulfonamides is 1. The lowest BCUT2D eigenvalue weighted by Gasteiger charge is -2.26. The van der Waals surface area contributed by atoms with Gasteiger partial charge in [0.1, 0.15) is 18.0 Å². The van der Waals surface area contributed by atoms with Crippen LogP contribution in [-0.2, 0) is 14.8 Å². The number of nitrogens with zero attached hydrogens (tertiary/aromatic N) is 1. The van der Waals surface area contributed by atoms with E-state index < -0.39 is 10.0 Å². The van der Waals surface area contributed by atoms with Crippen molar-refractivity contribution >= 4 is 33.4 Å². The Balaban J connectivity index is 1.80. The van der Waals surface area contributed by atoms with Gasteiger partial charge in [-0.15, -0.1) is 0 Å². The summed E-state index contributed by atoms with van der Waals surface area (Å²) in [4.78, 5) is 12.8. The minimum atomic E-state index is -4.02. The minimum Gasteiger partial charge on any atom is -0.497 e. The van der Waals surface area contributed by atoms with E-state index in [1.165, 1.54) is 52.0 Å². The number of nitrogens with one attached hydrogen (secondary N) is 1. The third-order valence-corrected chi connectivity index (χ3v) is 8.51. The van der Waals surface area contributed by atoms with E-state index >= 15 is 0 Å². The first-order chi connectivity index (χ1) is 15.5. The third-order valence-electron chi connectivity index (χ3n) is 5.35.